The van der Waals surface area contributed by atoms with Crippen molar-refractivity contribution in [1.82, 2.24) is 4.98 Å². The Hall–Kier alpha value is -5.17. The second-order valence-corrected chi connectivity index (χ2v) is 8.45. The predicted octanol–water partition coefficient (Wildman–Crippen LogP) is 6.53. The molecule has 1 N–H and O–H groups in total. The fraction of sp³-hybridized carbons (Fsp3) is 0.0333. The van der Waals surface area contributed by atoms with Crippen LogP contribution in [0.4, 0.5) is 5.69 Å². The van der Waals surface area contributed by atoms with Crippen molar-refractivity contribution in [3.63, 3.8) is 0 Å². The van der Waals surface area contributed by atoms with E-state index in [0.717, 1.165) is 10.9 Å². The number of hydrogen-bond acceptors (Lipinski definition) is 6. The fourth-order valence-corrected chi connectivity index (χ4v) is 4.15. The molecule has 7 nitrogen and oxygen atoms in total. The first-order valence-corrected chi connectivity index (χ1v) is 11.6. The van der Waals surface area contributed by atoms with Crippen molar-refractivity contribution in [3.8, 4) is 28.3 Å². The number of methoxy groups -OCH3 is 1. The first-order chi connectivity index (χ1) is 18.1. The van der Waals surface area contributed by atoms with Crippen molar-refractivity contribution in [1.29, 1.82) is 0 Å². The molecule has 2 aromatic heterocycles. The van der Waals surface area contributed by atoms with Crippen LogP contribution in [0.15, 0.2) is 111 Å². The molecule has 0 spiro atoms. The van der Waals surface area contributed by atoms with Gasteiger partial charge < -0.3 is 18.9 Å². The van der Waals surface area contributed by atoms with Crippen LogP contribution in [0.3, 0.4) is 0 Å². The molecule has 0 fully saturated rings. The normalized spacial score (nSPS) is 11.1. The maximum Gasteiger partial charge on any atom is 0.344 e. The summed E-state index contributed by atoms with van der Waals surface area (Å²) in [5, 5.41) is 3.70. The summed E-state index contributed by atoms with van der Waals surface area (Å²) >= 11 is 0. The molecule has 6 aromatic rings. The molecule has 0 unspecified atom stereocenters. The van der Waals surface area contributed by atoms with Gasteiger partial charge in [0, 0.05) is 28.3 Å². The van der Waals surface area contributed by atoms with E-state index in [9.17, 15) is 9.59 Å². The first kappa shape index (κ1) is 22.3. The number of hydrogen-bond donors (Lipinski definition) is 1. The number of rotatable bonds is 5. The Morgan fingerprint density at radius 1 is 0.811 bits per heavy atom. The maximum atomic E-state index is 13.0. The molecule has 0 aliphatic heterocycles. The van der Waals surface area contributed by atoms with Crippen molar-refractivity contribution in [2.24, 2.45) is 0 Å². The summed E-state index contributed by atoms with van der Waals surface area (Å²) in [7, 11) is 1.60. The van der Waals surface area contributed by atoms with Crippen LogP contribution in [0.1, 0.15) is 10.4 Å². The van der Waals surface area contributed by atoms with Gasteiger partial charge in [-0.3, -0.25) is 4.79 Å². The average molecular weight is 488 g/mol. The number of aromatic nitrogens is 1. The third-order valence-corrected chi connectivity index (χ3v) is 6.06. The second kappa shape index (κ2) is 9.13. The van der Waals surface area contributed by atoms with Gasteiger partial charge in [0.1, 0.15) is 16.8 Å². The van der Waals surface area contributed by atoms with Crippen LogP contribution in [-0.4, -0.2) is 18.0 Å². The number of nitrogens with zero attached hydrogens (tertiary/aromatic N) is 1. The minimum atomic E-state index is -0.454. The van der Waals surface area contributed by atoms with E-state index >= 15 is 0 Å². The molecule has 37 heavy (non-hydrogen) atoms. The number of nitrogens with one attached hydrogen (secondary N) is 1. The minimum absolute atomic E-state index is 0.297. The zero-order chi connectivity index (χ0) is 25.4. The number of carbonyl (C=O) groups excluding carboxylic acids is 1. The van der Waals surface area contributed by atoms with Crippen molar-refractivity contribution in [2.75, 3.05) is 12.4 Å². The highest BCUT2D eigenvalue weighted by Crippen LogP contribution is 2.28. The Labute approximate surface area is 211 Å². The highest BCUT2D eigenvalue weighted by Gasteiger charge is 2.13. The van der Waals surface area contributed by atoms with Gasteiger partial charge in [-0.15, -0.1) is 0 Å². The molecule has 0 saturated carbocycles. The molecule has 0 bridgehead atoms. The van der Waals surface area contributed by atoms with Crippen molar-refractivity contribution in [3.05, 3.63) is 113 Å². The number of benzene rings is 4. The lowest BCUT2D eigenvalue weighted by atomic mass is 10.0. The zero-order valence-electron chi connectivity index (χ0n) is 19.7. The summed E-state index contributed by atoms with van der Waals surface area (Å²) in [4.78, 5) is 30.1. The zero-order valence-corrected chi connectivity index (χ0v) is 19.7. The standard InChI is InChI=1S/C30H20N2O5/c1-35-23-13-14-27-25(17-23)32-29(36-27)18-9-11-22(12-10-18)31-28(33)21-7-4-6-19(15-21)24-16-20-5-2-3-8-26(20)37-30(24)34/h2-17H,1H3,(H,31,33). The number of amides is 1. The molecule has 0 saturated heterocycles. The fourth-order valence-electron chi connectivity index (χ4n) is 4.15. The molecule has 180 valence electrons. The molecule has 0 atom stereocenters. The van der Waals surface area contributed by atoms with E-state index in [1.807, 2.05) is 48.5 Å². The van der Waals surface area contributed by atoms with E-state index in [4.69, 9.17) is 13.6 Å². The Kier molecular flexibility index (Phi) is 5.50. The van der Waals surface area contributed by atoms with E-state index in [1.165, 1.54) is 0 Å². The maximum absolute atomic E-state index is 13.0. The topological polar surface area (TPSA) is 94.6 Å². The van der Waals surface area contributed by atoms with Crippen LogP contribution in [0.5, 0.6) is 5.75 Å². The van der Waals surface area contributed by atoms with Gasteiger partial charge >= 0.3 is 5.63 Å². The molecular weight excluding hydrogens is 468 g/mol. The number of fused-ring (bicyclic) bond motifs is 2. The SMILES string of the molecule is COc1ccc2oc(-c3ccc(NC(=O)c4cccc(-c5cc6ccccc6oc5=O)c4)cc3)nc2c1. The van der Waals surface area contributed by atoms with Crippen molar-refractivity contribution >= 4 is 33.7 Å². The first-order valence-electron chi connectivity index (χ1n) is 11.6. The third-order valence-electron chi connectivity index (χ3n) is 6.06. The summed E-state index contributed by atoms with van der Waals surface area (Å²) in [6, 6.07) is 28.6. The number of anilines is 1. The van der Waals surface area contributed by atoms with Gasteiger partial charge in [-0.25, -0.2) is 9.78 Å². The largest absolute Gasteiger partial charge is 0.497 e. The summed E-state index contributed by atoms with van der Waals surface area (Å²) in [5.74, 6) is 0.882. The summed E-state index contributed by atoms with van der Waals surface area (Å²) < 4.78 is 16.5. The lowest BCUT2D eigenvalue weighted by molar-refractivity contribution is 0.102. The summed E-state index contributed by atoms with van der Waals surface area (Å²) in [6.07, 6.45) is 0. The molecule has 0 radical (unpaired) electrons. The van der Waals surface area contributed by atoms with E-state index < -0.39 is 5.63 Å². The predicted molar refractivity (Wildman–Crippen MR) is 142 cm³/mol. The minimum Gasteiger partial charge on any atom is -0.497 e. The van der Waals surface area contributed by atoms with Gasteiger partial charge in [0.2, 0.25) is 5.89 Å². The quantitative estimate of drug-likeness (QED) is 0.277. The molecule has 0 aliphatic rings. The Balaban J connectivity index is 1.22. The van der Waals surface area contributed by atoms with E-state index in [0.29, 0.717) is 50.7 Å². The number of ether oxygens (including phenoxy) is 1. The Morgan fingerprint density at radius 2 is 1.65 bits per heavy atom. The van der Waals surface area contributed by atoms with Gasteiger partial charge in [0.15, 0.2) is 5.58 Å². The third kappa shape index (κ3) is 4.34. The summed E-state index contributed by atoms with van der Waals surface area (Å²) in [5.41, 5.74) is 4.24. The molecule has 0 aliphatic carbocycles. The van der Waals surface area contributed by atoms with Crippen molar-refractivity contribution in [2.45, 2.75) is 0 Å². The number of oxazole rings is 1. The molecule has 1 amide bonds. The smallest absolute Gasteiger partial charge is 0.344 e. The highest BCUT2D eigenvalue weighted by molar-refractivity contribution is 6.05. The van der Waals surface area contributed by atoms with Gasteiger partial charge in [0.05, 0.1) is 12.7 Å². The van der Waals surface area contributed by atoms with Crippen LogP contribution < -0.4 is 15.7 Å². The molecule has 4 aromatic carbocycles. The second-order valence-electron chi connectivity index (χ2n) is 8.45. The lowest BCUT2D eigenvalue weighted by Gasteiger charge is -2.08. The monoisotopic (exact) mass is 488 g/mol. The van der Waals surface area contributed by atoms with Crippen LogP contribution in [0, 0.1) is 0 Å². The van der Waals surface area contributed by atoms with Gasteiger partial charge in [0.25, 0.3) is 5.91 Å². The van der Waals surface area contributed by atoms with Gasteiger partial charge in [-0.2, -0.15) is 0 Å². The highest BCUT2D eigenvalue weighted by atomic mass is 16.5. The molecular formula is C30H20N2O5. The average Bonchev–Trinajstić information content (AvgIpc) is 3.36. The molecule has 6 rings (SSSR count). The van der Waals surface area contributed by atoms with E-state index in [-0.39, 0.29) is 5.91 Å². The number of carbonyl (C=O) groups is 1. The van der Waals surface area contributed by atoms with E-state index in [2.05, 4.69) is 10.3 Å². The Bertz CT molecular complexity index is 1830. The van der Waals surface area contributed by atoms with Crippen LogP contribution in [0.2, 0.25) is 0 Å². The van der Waals surface area contributed by atoms with Gasteiger partial charge in [-0.1, -0.05) is 30.3 Å². The van der Waals surface area contributed by atoms with Crippen LogP contribution in [0.25, 0.3) is 44.7 Å². The van der Waals surface area contributed by atoms with E-state index in [1.54, 1.807) is 55.6 Å². The van der Waals surface area contributed by atoms with Crippen molar-refractivity contribution < 1.29 is 18.4 Å². The lowest BCUT2D eigenvalue weighted by Crippen LogP contribution is -2.12. The molecule has 2 heterocycles. The molecule has 7 heteroatoms. The summed E-state index contributed by atoms with van der Waals surface area (Å²) in [6.45, 7) is 0. The Morgan fingerprint density at radius 3 is 2.49 bits per heavy atom. The number of para-hydroxylation sites is 1. The van der Waals surface area contributed by atoms with Crippen LogP contribution in [-0.2, 0) is 0 Å². The van der Waals surface area contributed by atoms with Crippen LogP contribution >= 0.6 is 0 Å². The van der Waals surface area contributed by atoms with Gasteiger partial charge in [-0.05, 0) is 66.2 Å².